The predicted octanol–water partition coefficient (Wildman–Crippen LogP) is 3.31. The lowest BCUT2D eigenvalue weighted by molar-refractivity contribution is -0.0474. The summed E-state index contributed by atoms with van der Waals surface area (Å²) in [5.74, 6) is -0.805. The molecule has 0 radical (unpaired) electrons. The van der Waals surface area contributed by atoms with Crippen LogP contribution in [0.4, 0.5) is 8.78 Å². The zero-order chi connectivity index (χ0) is 19.0. The molecule has 0 bridgehead atoms. The zero-order valence-electron chi connectivity index (χ0n) is 15.7. The van der Waals surface area contributed by atoms with Crippen molar-refractivity contribution in [2.75, 3.05) is 13.2 Å². The van der Waals surface area contributed by atoms with Crippen molar-refractivity contribution in [1.82, 2.24) is 19.2 Å². The van der Waals surface area contributed by atoms with E-state index in [1.54, 1.807) is 22.2 Å². The topological polar surface area (TPSA) is 61.4 Å². The van der Waals surface area contributed by atoms with Gasteiger partial charge in [0.25, 0.3) is 5.56 Å². The third kappa shape index (κ3) is 3.77. The smallest absolute Gasteiger partial charge is 0.279 e. The quantitative estimate of drug-likeness (QED) is 0.820. The number of imidazole rings is 1. The van der Waals surface area contributed by atoms with Crippen LogP contribution in [0.2, 0.25) is 0 Å². The number of ether oxygens (including phenoxy) is 1. The van der Waals surface area contributed by atoms with Crippen LogP contribution in [0.3, 0.4) is 0 Å². The van der Waals surface area contributed by atoms with Gasteiger partial charge >= 0.3 is 0 Å². The molecule has 0 N–H and O–H groups in total. The molecule has 6 nitrogen and oxygen atoms in total. The van der Waals surface area contributed by atoms with Gasteiger partial charge in [0, 0.05) is 38.5 Å². The van der Waals surface area contributed by atoms with Gasteiger partial charge in [0.05, 0.1) is 6.20 Å². The molecule has 0 spiro atoms. The van der Waals surface area contributed by atoms with Gasteiger partial charge in [-0.1, -0.05) is 0 Å². The van der Waals surface area contributed by atoms with Gasteiger partial charge in [-0.25, -0.2) is 18.3 Å². The van der Waals surface area contributed by atoms with Crippen LogP contribution in [0.1, 0.15) is 62.5 Å². The number of rotatable bonds is 3. The molecule has 1 aliphatic carbocycles. The van der Waals surface area contributed by atoms with Crippen LogP contribution in [0, 0.1) is 12.8 Å². The maximum absolute atomic E-state index is 13.4. The average Bonchev–Trinajstić information content (AvgIpc) is 2.87. The van der Waals surface area contributed by atoms with Crippen LogP contribution in [-0.2, 0) is 11.3 Å². The molecule has 2 aromatic heterocycles. The molecule has 1 atom stereocenters. The van der Waals surface area contributed by atoms with Crippen LogP contribution in [-0.4, -0.2) is 38.3 Å². The molecule has 4 rings (SSSR count). The maximum atomic E-state index is 13.4. The summed E-state index contributed by atoms with van der Waals surface area (Å²) in [4.78, 5) is 17.5. The van der Waals surface area contributed by atoms with E-state index in [1.165, 1.54) is 0 Å². The standard InChI is InChI=1S/C19H26F2N4O2/c1-13-23-25-16(11-22-17(25)15-3-2-9-27-10-6-15)18(26)24(13)12-14-4-7-19(20,21)8-5-14/h11,14-15H,2-10,12H2,1H3. The molecular weight excluding hydrogens is 354 g/mol. The third-order valence-corrected chi connectivity index (χ3v) is 5.96. The van der Waals surface area contributed by atoms with Crippen molar-refractivity contribution >= 4 is 5.52 Å². The Morgan fingerprint density at radius 2 is 2.00 bits per heavy atom. The number of nitrogens with zero attached hydrogens (tertiary/aromatic N) is 4. The van der Waals surface area contributed by atoms with Gasteiger partial charge in [-0.15, -0.1) is 0 Å². The highest BCUT2D eigenvalue weighted by molar-refractivity contribution is 5.43. The normalized spacial score (nSPS) is 24.2. The molecule has 0 amide bonds. The number of hydrogen-bond acceptors (Lipinski definition) is 4. The van der Waals surface area contributed by atoms with E-state index in [0.29, 0.717) is 37.3 Å². The van der Waals surface area contributed by atoms with Crippen molar-refractivity contribution in [3.05, 3.63) is 28.2 Å². The summed E-state index contributed by atoms with van der Waals surface area (Å²) in [6, 6.07) is 0. The lowest BCUT2D eigenvalue weighted by Gasteiger charge is -2.28. The molecule has 2 aromatic rings. The largest absolute Gasteiger partial charge is 0.381 e. The van der Waals surface area contributed by atoms with Crippen molar-refractivity contribution in [2.24, 2.45) is 5.92 Å². The Balaban J connectivity index is 1.61. The van der Waals surface area contributed by atoms with Crippen LogP contribution in [0.25, 0.3) is 5.52 Å². The predicted molar refractivity (Wildman–Crippen MR) is 96.3 cm³/mol. The summed E-state index contributed by atoms with van der Waals surface area (Å²) in [7, 11) is 0. The highest BCUT2D eigenvalue weighted by Gasteiger charge is 2.35. The lowest BCUT2D eigenvalue weighted by atomic mass is 9.86. The second kappa shape index (κ2) is 7.30. The number of hydrogen-bond donors (Lipinski definition) is 0. The van der Waals surface area contributed by atoms with E-state index in [1.807, 2.05) is 0 Å². The van der Waals surface area contributed by atoms with Crippen LogP contribution < -0.4 is 5.56 Å². The first kappa shape index (κ1) is 18.5. The van der Waals surface area contributed by atoms with Crippen molar-refractivity contribution in [1.29, 1.82) is 0 Å². The molecular formula is C19H26F2N4O2. The Morgan fingerprint density at radius 1 is 1.22 bits per heavy atom. The summed E-state index contributed by atoms with van der Waals surface area (Å²) in [6.07, 6.45) is 5.11. The summed E-state index contributed by atoms with van der Waals surface area (Å²) in [5, 5.41) is 4.62. The van der Waals surface area contributed by atoms with Gasteiger partial charge < -0.3 is 4.74 Å². The van der Waals surface area contributed by atoms with Crippen molar-refractivity contribution < 1.29 is 13.5 Å². The molecule has 8 heteroatoms. The van der Waals surface area contributed by atoms with Crippen molar-refractivity contribution in [3.8, 4) is 0 Å². The first-order chi connectivity index (χ1) is 12.9. The minimum Gasteiger partial charge on any atom is -0.381 e. The molecule has 1 aliphatic heterocycles. The molecule has 148 valence electrons. The summed E-state index contributed by atoms with van der Waals surface area (Å²) >= 11 is 0. The Morgan fingerprint density at radius 3 is 2.78 bits per heavy atom. The van der Waals surface area contributed by atoms with Gasteiger partial charge in [0.15, 0.2) is 5.52 Å². The van der Waals surface area contributed by atoms with Crippen molar-refractivity contribution in [3.63, 3.8) is 0 Å². The van der Waals surface area contributed by atoms with E-state index < -0.39 is 5.92 Å². The van der Waals surface area contributed by atoms with Gasteiger partial charge in [-0.2, -0.15) is 5.10 Å². The van der Waals surface area contributed by atoms with Crippen LogP contribution >= 0.6 is 0 Å². The number of aromatic nitrogens is 4. The molecule has 2 aliphatic rings. The SMILES string of the molecule is Cc1nn2c(C3CCCOCC3)ncc2c(=O)n1CC1CCC(F)(F)CC1. The fraction of sp³-hybridized carbons (Fsp3) is 0.737. The second-order valence-electron chi connectivity index (χ2n) is 7.92. The summed E-state index contributed by atoms with van der Waals surface area (Å²) < 4.78 is 35.6. The molecule has 1 saturated carbocycles. The highest BCUT2D eigenvalue weighted by atomic mass is 19.3. The van der Waals surface area contributed by atoms with Gasteiger partial charge in [0.2, 0.25) is 5.92 Å². The van der Waals surface area contributed by atoms with Gasteiger partial charge in [0.1, 0.15) is 11.6 Å². The molecule has 2 fully saturated rings. The molecule has 27 heavy (non-hydrogen) atoms. The number of aryl methyl sites for hydroxylation is 1. The van der Waals surface area contributed by atoms with E-state index in [4.69, 9.17) is 4.74 Å². The van der Waals surface area contributed by atoms with E-state index >= 15 is 0 Å². The van der Waals surface area contributed by atoms with Crippen molar-refractivity contribution in [2.45, 2.75) is 70.3 Å². The zero-order valence-corrected chi connectivity index (χ0v) is 15.7. The minimum absolute atomic E-state index is 0.0895. The molecule has 3 heterocycles. The Bertz CT molecular complexity index is 858. The fourth-order valence-electron chi connectivity index (χ4n) is 4.29. The van der Waals surface area contributed by atoms with Gasteiger partial charge in [-0.05, 0) is 44.9 Å². The first-order valence-corrected chi connectivity index (χ1v) is 9.85. The average molecular weight is 380 g/mol. The van der Waals surface area contributed by atoms with Crippen LogP contribution in [0.15, 0.2) is 11.0 Å². The minimum atomic E-state index is -2.55. The first-order valence-electron chi connectivity index (χ1n) is 9.85. The molecule has 0 aromatic carbocycles. The lowest BCUT2D eigenvalue weighted by Crippen LogP contribution is -2.32. The number of halogens is 2. The fourth-order valence-corrected chi connectivity index (χ4v) is 4.29. The third-order valence-electron chi connectivity index (χ3n) is 5.96. The number of alkyl halides is 2. The van der Waals surface area contributed by atoms with E-state index in [0.717, 1.165) is 31.7 Å². The Kier molecular flexibility index (Phi) is 5.01. The van der Waals surface area contributed by atoms with Gasteiger partial charge in [-0.3, -0.25) is 9.36 Å². The van der Waals surface area contributed by atoms with E-state index in [2.05, 4.69) is 10.1 Å². The molecule has 1 saturated heterocycles. The second-order valence-corrected chi connectivity index (χ2v) is 7.92. The monoisotopic (exact) mass is 380 g/mol. The highest BCUT2D eigenvalue weighted by Crippen LogP contribution is 2.36. The number of fused-ring (bicyclic) bond motifs is 1. The molecule has 1 unspecified atom stereocenters. The van der Waals surface area contributed by atoms with Crippen LogP contribution in [0.5, 0.6) is 0 Å². The van der Waals surface area contributed by atoms with E-state index in [9.17, 15) is 13.6 Å². The maximum Gasteiger partial charge on any atom is 0.279 e. The van der Waals surface area contributed by atoms with E-state index in [-0.39, 0.29) is 30.2 Å². The Hall–Kier alpha value is -1.83. The summed E-state index contributed by atoms with van der Waals surface area (Å²) in [5.41, 5.74) is 0.324. The Labute approximate surface area is 156 Å². The summed E-state index contributed by atoms with van der Waals surface area (Å²) in [6.45, 7) is 3.71.